The van der Waals surface area contributed by atoms with E-state index in [0.29, 0.717) is 0 Å². The molecule has 0 radical (unpaired) electrons. The van der Waals surface area contributed by atoms with Crippen molar-refractivity contribution in [2.24, 2.45) is 0 Å². The van der Waals surface area contributed by atoms with E-state index in [1.807, 2.05) is 29.0 Å². The van der Waals surface area contributed by atoms with Crippen molar-refractivity contribution in [3.05, 3.63) is 65.1 Å². The van der Waals surface area contributed by atoms with Crippen molar-refractivity contribution in [2.75, 3.05) is 0 Å². The molecule has 0 aromatic carbocycles. The Bertz CT molecular complexity index is 476. The molecule has 0 saturated carbocycles. The van der Waals surface area contributed by atoms with Crippen LogP contribution in [-0.4, -0.2) is 10.8 Å². The van der Waals surface area contributed by atoms with Crippen LogP contribution in [0.5, 0.6) is 0 Å². The summed E-state index contributed by atoms with van der Waals surface area (Å²) in [4.78, 5) is 15.9. The fraction of sp³-hybridized carbons (Fsp3) is 0.0769. The van der Waals surface area contributed by atoms with Crippen molar-refractivity contribution in [1.82, 2.24) is 4.98 Å². The summed E-state index contributed by atoms with van der Waals surface area (Å²) in [7, 11) is 0. The molecule has 1 atom stereocenters. The van der Waals surface area contributed by atoms with E-state index < -0.39 is 0 Å². The van der Waals surface area contributed by atoms with Gasteiger partial charge in [0.2, 0.25) is 0 Å². The maximum atomic E-state index is 11.9. The molecular formula is C13H11NOS. The normalized spacial score (nSPS) is 12.0. The minimum absolute atomic E-state index is 0.00593. The molecule has 2 nitrogen and oxygen atoms in total. The Morgan fingerprint density at radius 1 is 1.44 bits per heavy atom. The number of thiophene rings is 1. The van der Waals surface area contributed by atoms with Crippen molar-refractivity contribution >= 4 is 17.1 Å². The highest BCUT2D eigenvalue weighted by Crippen LogP contribution is 2.27. The van der Waals surface area contributed by atoms with Gasteiger partial charge in [-0.05, 0) is 40.1 Å². The zero-order chi connectivity index (χ0) is 11.4. The van der Waals surface area contributed by atoms with E-state index >= 15 is 0 Å². The van der Waals surface area contributed by atoms with Gasteiger partial charge in [-0.3, -0.25) is 9.78 Å². The molecule has 0 amide bonds. The van der Waals surface area contributed by atoms with Crippen LogP contribution in [0.1, 0.15) is 17.0 Å². The lowest BCUT2D eigenvalue weighted by atomic mass is 9.90. The van der Waals surface area contributed by atoms with E-state index in [4.69, 9.17) is 0 Å². The molecule has 0 saturated heterocycles. The van der Waals surface area contributed by atoms with E-state index in [9.17, 15) is 4.79 Å². The van der Waals surface area contributed by atoms with Crippen molar-refractivity contribution in [3.63, 3.8) is 0 Å². The van der Waals surface area contributed by atoms with Crippen molar-refractivity contribution in [2.45, 2.75) is 5.92 Å². The summed E-state index contributed by atoms with van der Waals surface area (Å²) in [6.45, 7) is 3.55. The maximum absolute atomic E-state index is 11.9. The third kappa shape index (κ3) is 2.09. The highest BCUT2D eigenvalue weighted by atomic mass is 32.1. The number of pyridine rings is 1. The van der Waals surface area contributed by atoms with Gasteiger partial charge in [0.05, 0.1) is 5.92 Å². The third-order valence-electron chi connectivity index (χ3n) is 2.38. The van der Waals surface area contributed by atoms with Crippen LogP contribution in [0, 0.1) is 0 Å². The van der Waals surface area contributed by atoms with Crippen molar-refractivity contribution in [1.29, 1.82) is 0 Å². The molecule has 3 heteroatoms. The van der Waals surface area contributed by atoms with Gasteiger partial charge in [0.1, 0.15) is 0 Å². The Morgan fingerprint density at radius 2 is 2.31 bits per heavy atom. The topological polar surface area (TPSA) is 30.0 Å². The van der Waals surface area contributed by atoms with Gasteiger partial charge in [0.25, 0.3) is 0 Å². The van der Waals surface area contributed by atoms with Gasteiger partial charge < -0.3 is 0 Å². The summed E-state index contributed by atoms with van der Waals surface area (Å²) in [5, 5.41) is 3.95. The van der Waals surface area contributed by atoms with Crippen LogP contribution in [0.2, 0.25) is 0 Å². The molecule has 0 aliphatic carbocycles. The Labute approximate surface area is 98.3 Å². The molecule has 2 rings (SSSR count). The van der Waals surface area contributed by atoms with Crippen LogP contribution in [0.15, 0.2) is 54.0 Å². The molecule has 2 heterocycles. The Hall–Kier alpha value is -1.74. The number of hydrogen-bond donors (Lipinski definition) is 0. The lowest BCUT2D eigenvalue weighted by Crippen LogP contribution is -2.10. The number of carbonyl (C=O) groups excluding carboxylic acids is 1. The van der Waals surface area contributed by atoms with Gasteiger partial charge in [-0.1, -0.05) is 12.6 Å². The standard InChI is InChI=1S/C13H11NOS/c1-2-12(15)13(11-5-7-16-9-11)10-4-3-6-14-8-10/h2-9,13H,1H2. The zero-order valence-electron chi connectivity index (χ0n) is 8.67. The number of carbonyl (C=O) groups is 1. The number of nitrogens with zero attached hydrogens (tertiary/aromatic N) is 1. The van der Waals surface area contributed by atoms with Gasteiger partial charge in [-0.15, -0.1) is 0 Å². The second-order valence-corrected chi connectivity index (χ2v) is 4.16. The minimum Gasteiger partial charge on any atom is -0.294 e. The average Bonchev–Trinajstić information content (AvgIpc) is 2.84. The monoisotopic (exact) mass is 229 g/mol. The van der Waals surface area contributed by atoms with Crippen LogP contribution in [-0.2, 0) is 4.79 Å². The van der Waals surface area contributed by atoms with Crippen molar-refractivity contribution < 1.29 is 4.79 Å². The second kappa shape index (κ2) is 4.86. The lowest BCUT2D eigenvalue weighted by molar-refractivity contribution is -0.115. The molecule has 0 bridgehead atoms. The Balaban J connectivity index is 2.44. The van der Waals surface area contributed by atoms with E-state index in [-0.39, 0.29) is 11.7 Å². The van der Waals surface area contributed by atoms with Crippen LogP contribution >= 0.6 is 11.3 Å². The lowest BCUT2D eigenvalue weighted by Gasteiger charge is -2.12. The molecule has 0 aliphatic rings. The maximum Gasteiger partial charge on any atom is 0.167 e. The molecule has 0 spiro atoms. The number of aromatic nitrogens is 1. The zero-order valence-corrected chi connectivity index (χ0v) is 9.48. The fourth-order valence-electron chi connectivity index (χ4n) is 1.62. The van der Waals surface area contributed by atoms with Crippen molar-refractivity contribution in [3.8, 4) is 0 Å². The molecule has 2 aromatic rings. The van der Waals surface area contributed by atoms with Crippen LogP contribution in [0.25, 0.3) is 0 Å². The van der Waals surface area contributed by atoms with Crippen LogP contribution < -0.4 is 0 Å². The highest BCUT2D eigenvalue weighted by molar-refractivity contribution is 7.08. The van der Waals surface area contributed by atoms with E-state index in [0.717, 1.165) is 11.1 Å². The van der Waals surface area contributed by atoms with E-state index in [1.165, 1.54) is 6.08 Å². The largest absolute Gasteiger partial charge is 0.294 e. The first-order valence-electron chi connectivity index (χ1n) is 4.91. The molecule has 0 N–H and O–H groups in total. The third-order valence-corrected chi connectivity index (χ3v) is 3.08. The summed E-state index contributed by atoms with van der Waals surface area (Å²) in [6.07, 6.45) is 4.80. The summed E-state index contributed by atoms with van der Waals surface area (Å²) in [5.74, 6) is -0.260. The minimum atomic E-state index is -0.266. The average molecular weight is 229 g/mol. The van der Waals surface area contributed by atoms with Gasteiger partial charge in [0, 0.05) is 12.4 Å². The summed E-state index contributed by atoms with van der Waals surface area (Å²) < 4.78 is 0. The van der Waals surface area contributed by atoms with Gasteiger partial charge >= 0.3 is 0 Å². The Kier molecular flexibility index (Phi) is 3.27. The first-order chi connectivity index (χ1) is 7.83. The first-order valence-corrected chi connectivity index (χ1v) is 5.85. The molecule has 1 unspecified atom stereocenters. The number of allylic oxidation sites excluding steroid dienone is 1. The fourth-order valence-corrected chi connectivity index (χ4v) is 2.31. The molecule has 0 aliphatic heterocycles. The van der Waals surface area contributed by atoms with Gasteiger partial charge in [0.15, 0.2) is 5.78 Å². The number of hydrogen-bond acceptors (Lipinski definition) is 3. The second-order valence-electron chi connectivity index (χ2n) is 3.38. The SMILES string of the molecule is C=CC(=O)C(c1cccnc1)c1ccsc1. The predicted molar refractivity (Wildman–Crippen MR) is 65.6 cm³/mol. The smallest absolute Gasteiger partial charge is 0.167 e. The Morgan fingerprint density at radius 3 is 2.88 bits per heavy atom. The first kappa shape index (κ1) is 10.8. The predicted octanol–water partition coefficient (Wildman–Crippen LogP) is 3.03. The highest BCUT2D eigenvalue weighted by Gasteiger charge is 2.20. The van der Waals surface area contributed by atoms with E-state index in [1.54, 1.807) is 23.7 Å². The quantitative estimate of drug-likeness (QED) is 0.754. The molecule has 16 heavy (non-hydrogen) atoms. The van der Waals surface area contributed by atoms with Crippen LogP contribution in [0.4, 0.5) is 0 Å². The summed E-state index contributed by atoms with van der Waals surface area (Å²) >= 11 is 1.58. The van der Waals surface area contributed by atoms with Gasteiger partial charge in [-0.2, -0.15) is 11.3 Å². The summed E-state index contributed by atoms with van der Waals surface area (Å²) in [6, 6.07) is 5.71. The number of rotatable bonds is 4. The molecular weight excluding hydrogens is 218 g/mol. The molecule has 80 valence electrons. The van der Waals surface area contributed by atoms with Crippen LogP contribution in [0.3, 0.4) is 0 Å². The van der Waals surface area contributed by atoms with E-state index in [2.05, 4.69) is 11.6 Å². The summed E-state index contributed by atoms with van der Waals surface area (Å²) in [5.41, 5.74) is 1.91. The number of ketones is 1. The molecule has 0 fully saturated rings. The molecule has 2 aromatic heterocycles. The van der Waals surface area contributed by atoms with Gasteiger partial charge in [-0.25, -0.2) is 0 Å².